The summed E-state index contributed by atoms with van der Waals surface area (Å²) in [6.45, 7) is 0.754. The van der Waals surface area contributed by atoms with Gasteiger partial charge >= 0.3 is 0 Å². The molecule has 3 rings (SSSR count). The number of thiazole rings is 1. The van der Waals surface area contributed by atoms with Crippen molar-refractivity contribution in [3.8, 4) is 5.75 Å². The first kappa shape index (κ1) is 23.2. The molecule has 0 radical (unpaired) electrons. The van der Waals surface area contributed by atoms with Crippen molar-refractivity contribution in [3.05, 3.63) is 74.7 Å². The van der Waals surface area contributed by atoms with Crippen LogP contribution in [0.1, 0.15) is 16.1 Å². The van der Waals surface area contributed by atoms with E-state index in [1.165, 1.54) is 23.5 Å². The van der Waals surface area contributed by atoms with Gasteiger partial charge in [-0.3, -0.25) is 14.9 Å². The molecule has 168 valence electrons. The normalized spacial score (nSPS) is 11.0. The van der Waals surface area contributed by atoms with Gasteiger partial charge in [-0.25, -0.2) is 13.4 Å². The van der Waals surface area contributed by atoms with E-state index in [1.54, 1.807) is 29.8 Å². The molecule has 0 bridgehead atoms. The lowest BCUT2D eigenvalue weighted by Gasteiger charge is -2.10. The third-order valence-electron chi connectivity index (χ3n) is 4.31. The Balaban J connectivity index is 1.50. The maximum atomic E-state index is 12.3. The van der Waals surface area contributed by atoms with E-state index in [4.69, 9.17) is 4.74 Å². The summed E-state index contributed by atoms with van der Waals surface area (Å²) in [7, 11) is -3.56. The molecule has 0 aliphatic carbocycles. The molecule has 0 fully saturated rings. The number of anilines is 1. The number of hydrogen-bond acceptors (Lipinski definition) is 9. The Hall–Kier alpha value is -3.51. The molecule has 0 unspecified atom stereocenters. The van der Waals surface area contributed by atoms with E-state index in [0.717, 1.165) is 18.0 Å². The molecule has 0 saturated carbocycles. The number of amides is 1. The van der Waals surface area contributed by atoms with Crippen LogP contribution < -0.4 is 15.4 Å². The van der Waals surface area contributed by atoms with Crippen LogP contribution in [-0.2, 0) is 16.4 Å². The van der Waals surface area contributed by atoms with Crippen LogP contribution in [0.2, 0.25) is 0 Å². The number of nitrogens with one attached hydrogen (secondary N) is 2. The lowest BCUT2D eigenvalue weighted by Crippen LogP contribution is -2.28. The number of carbonyl (C=O) groups is 1. The van der Waals surface area contributed by atoms with Crippen molar-refractivity contribution in [3.63, 3.8) is 0 Å². The second-order valence-corrected chi connectivity index (χ2v) is 9.42. The highest BCUT2D eigenvalue weighted by Crippen LogP contribution is 2.27. The standard InChI is InChI=1S/C20H20N4O6S2/c1-32(28,29)17-6-7-18(19(10-17)24(26)27)21-8-9-22-20(25)14-2-4-16(5-3-14)30-11-15-12-31-13-23-15/h2-7,10,12-13,21H,8-9,11H2,1H3,(H,22,25). The van der Waals surface area contributed by atoms with E-state index in [1.807, 2.05) is 5.38 Å². The molecule has 12 heteroatoms. The first-order chi connectivity index (χ1) is 15.2. The van der Waals surface area contributed by atoms with E-state index >= 15 is 0 Å². The SMILES string of the molecule is CS(=O)(=O)c1ccc(NCCNC(=O)c2ccc(OCc3cscn3)cc2)c([N+](=O)[O-])c1. The molecule has 0 aliphatic heterocycles. The van der Waals surface area contributed by atoms with Crippen LogP contribution in [0.25, 0.3) is 0 Å². The molecule has 2 aromatic carbocycles. The third kappa shape index (κ3) is 6.25. The van der Waals surface area contributed by atoms with E-state index in [2.05, 4.69) is 15.6 Å². The summed E-state index contributed by atoms with van der Waals surface area (Å²) in [5.74, 6) is 0.306. The summed E-state index contributed by atoms with van der Waals surface area (Å²) in [5, 5.41) is 18.7. The summed E-state index contributed by atoms with van der Waals surface area (Å²) in [4.78, 5) is 26.9. The molecule has 0 aliphatic rings. The van der Waals surface area contributed by atoms with Crippen LogP contribution in [-0.4, -0.2) is 43.6 Å². The van der Waals surface area contributed by atoms with Gasteiger partial charge in [0, 0.05) is 36.4 Å². The lowest BCUT2D eigenvalue weighted by molar-refractivity contribution is -0.384. The van der Waals surface area contributed by atoms with Crippen LogP contribution in [0.4, 0.5) is 11.4 Å². The zero-order chi connectivity index (χ0) is 23.1. The van der Waals surface area contributed by atoms with Gasteiger partial charge in [0.05, 0.1) is 21.0 Å². The highest BCUT2D eigenvalue weighted by molar-refractivity contribution is 7.90. The van der Waals surface area contributed by atoms with Crippen LogP contribution in [0.5, 0.6) is 5.75 Å². The maximum absolute atomic E-state index is 12.3. The van der Waals surface area contributed by atoms with E-state index in [9.17, 15) is 23.3 Å². The number of ether oxygens (including phenoxy) is 1. The number of aromatic nitrogens is 1. The summed E-state index contributed by atoms with van der Waals surface area (Å²) in [6.07, 6.45) is 0.980. The Morgan fingerprint density at radius 2 is 1.94 bits per heavy atom. The van der Waals surface area contributed by atoms with Crippen LogP contribution >= 0.6 is 11.3 Å². The van der Waals surface area contributed by atoms with Gasteiger partial charge < -0.3 is 15.4 Å². The molecule has 1 amide bonds. The monoisotopic (exact) mass is 476 g/mol. The zero-order valence-electron chi connectivity index (χ0n) is 17.0. The molecule has 1 aromatic heterocycles. The van der Waals surface area contributed by atoms with Crippen molar-refractivity contribution in [2.75, 3.05) is 24.7 Å². The Morgan fingerprint density at radius 3 is 2.56 bits per heavy atom. The van der Waals surface area contributed by atoms with Gasteiger partial charge in [0.15, 0.2) is 9.84 Å². The number of sulfone groups is 1. The average molecular weight is 477 g/mol. The number of nitro benzene ring substituents is 1. The minimum Gasteiger partial charge on any atom is -0.487 e. The fraction of sp³-hybridized carbons (Fsp3) is 0.200. The van der Waals surface area contributed by atoms with Crippen molar-refractivity contribution >= 4 is 38.5 Å². The maximum Gasteiger partial charge on any atom is 0.293 e. The van der Waals surface area contributed by atoms with Crippen molar-refractivity contribution in [2.45, 2.75) is 11.5 Å². The molecular formula is C20H20N4O6S2. The van der Waals surface area contributed by atoms with Crippen molar-refractivity contribution in [1.29, 1.82) is 0 Å². The summed E-state index contributed by atoms with van der Waals surface area (Å²) in [5.41, 5.74) is 2.81. The highest BCUT2D eigenvalue weighted by Gasteiger charge is 2.18. The predicted octanol–water partition coefficient (Wildman–Crippen LogP) is 2.88. The van der Waals surface area contributed by atoms with Gasteiger partial charge in [0.1, 0.15) is 18.0 Å². The predicted molar refractivity (Wildman–Crippen MR) is 120 cm³/mol. The Bertz CT molecular complexity index is 1200. The van der Waals surface area contributed by atoms with Gasteiger partial charge in [0.25, 0.3) is 11.6 Å². The van der Waals surface area contributed by atoms with Crippen molar-refractivity contribution < 1.29 is 22.9 Å². The molecule has 32 heavy (non-hydrogen) atoms. The van der Waals surface area contributed by atoms with Crippen molar-refractivity contribution in [1.82, 2.24) is 10.3 Å². The minimum absolute atomic E-state index is 0.137. The zero-order valence-corrected chi connectivity index (χ0v) is 18.6. The van der Waals surface area contributed by atoms with Gasteiger partial charge in [-0.2, -0.15) is 0 Å². The largest absolute Gasteiger partial charge is 0.487 e. The topological polar surface area (TPSA) is 141 Å². The molecular weight excluding hydrogens is 456 g/mol. The first-order valence-electron chi connectivity index (χ1n) is 9.34. The molecule has 1 heterocycles. The lowest BCUT2D eigenvalue weighted by atomic mass is 10.2. The van der Waals surface area contributed by atoms with Crippen LogP contribution in [0.3, 0.4) is 0 Å². The molecule has 2 N–H and O–H groups in total. The number of nitrogens with zero attached hydrogens (tertiary/aromatic N) is 2. The molecule has 0 atom stereocenters. The summed E-state index contributed by atoms with van der Waals surface area (Å²) >= 11 is 1.49. The Labute approximate surface area is 188 Å². The van der Waals surface area contributed by atoms with E-state index in [-0.39, 0.29) is 35.3 Å². The molecule has 10 nitrogen and oxygen atoms in total. The van der Waals surface area contributed by atoms with E-state index in [0.29, 0.717) is 17.9 Å². The fourth-order valence-corrected chi connectivity index (χ4v) is 3.87. The average Bonchev–Trinajstić information content (AvgIpc) is 3.28. The van der Waals surface area contributed by atoms with Crippen LogP contribution in [0.15, 0.2) is 58.3 Å². The number of rotatable bonds is 10. The number of hydrogen-bond donors (Lipinski definition) is 2. The highest BCUT2D eigenvalue weighted by atomic mass is 32.2. The Kier molecular flexibility index (Phi) is 7.38. The number of benzene rings is 2. The second-order valence-electron chi connectivity index (χ2n) is 6.68. The summed E-state index contributed by atoms with van der Waals surface area (Å²) in [6, 6.07) is 10.3. The van der Waals surface area contributed by atoms with E-state index < -0.39 is 14.8 Å². The quantitative estimate of drug-likeness (QED) is 0.259. The minimum atomic E-state index is -3.56. The van der Waals surface area contributed by atoms with Gasteiger partial charge in [0.2, 0.25) is 0 Å². The van der Waals surface area contributed by atoms with Gasteiger partial charge in [-0.15, -0.1) is 11.3 Å². The second kappa shape index (κ2) is 10.2. The van der Waals surface area contributed by atoms with Crippen molar-refractivity contribution in [2.24, 2.45) is 0 Å². The molecule has 0 spiro atoms. The van der Waals surface area contributed by atoms with Gasteiger partial charge in [-0.1, -0.05) is 0 Å². The molecule has 3 aromatic rings. The summed E-state index contributed by atoms with van der Waals surface area (Å²) < 4.78 is 28.8. The van der Waals surface area contributed by atoms with Gasteiger partial charge in [-0.05, 0) is 36.4 Å². The first-order valence-corrected chi connectivity index (χ1v) is 12.2. The smallest absolute Gasteiger partial charge is 0.293 e. The third-order valence-corrected chi connectivity index (χ3v) is 6.05. The Morgan fingerprint density at radius 1 is 1.19 bits per heavy atom. The number of carbonyl (C=O) groups excluding carboxylic acids is 1. The number of nitro groups is 1. The van der Waals surface area contributed by atoms with Crippen LogP contribution in [0, 0.1) is 10.1 Å². The fourth-order valence-electron chi connectivity index (χ4n) is 2.69. The molecule has 0 saturated heterocycles.